The number of carbonyl (C=O) groups is 1. The molecule has 2 heterocycles. The number of aryl methyl sites for hydroxylation is 1. The standard InChI is InChI=1S/C21H19N5O/c1-14-10-20-16(13-24-26-20)11-19(14)25-21(27)17-4-2-3-5-18(17)23-12-15-6-8-22-9-7-15/h2-11,23H,12-13H2,1H3,(H,25,27). The number of nitrogens with zero attached hydrogens (tertiary/aromatic N) is 3. The number of azo groups is 1. The third kappa shape index (κ3) is 3.69. The Morgan fingerprint density at radius 2 is 1.89 bits per heavy atom. The first-order valence-electron chi connectivity index (χ1n) is 8.75. The van der Waals surface area contributed by atoms with Crippen LogP contribution in [-0.4, -0.2) is 10.9 Å². The van der Waals surface area contributed by atoms with Crippen molar-refractivity contribution in [3.63, 3.8) is 0 Å². The Morgan fingerprint density at radius 3 is 2.74 bits per heavy atom. The summed E-state index contributed by atoms with van der Waals surface area (Å²) in [6.45, 7) is 3.13. The summed E-state index contributed by atoms with van der Waals surface area (Å²) >= 11 is 0. The molecule has 134 valence electrons. The first kappa shape index (κ1) is 16.9. The van der Waals surface area contributed by atoms with Gasteiger partial charge in [0.2, 0.25) is 0 Å². The quantitative estimate of drug-likeness (QED) is 0.685. The average molecular weight is 357 g/mol. The van der Waals surface area contributed by atoms with Crippen LogP contribution in [0.15, 0.2) is 71.2 Å². The van der Waals surface area contributed by atoms with Gasteiger partial charge in [0.25, 0.3) is 5.91 Å². The number of fused-ring (bicyclic) bond motifs is 1. The molecular weight excluding hydrogens is 338 g/mol. The first-order valence-corrected chi connectivity index (χ1v) is 8.75. The lowest BCUT2D eigenvalue weighted by atomic mass is 10.1. The Bertz CT molecular complexity index is 1010. The highest BCUT2D eigenvalue weighted by molar-refractivity contribution is 6.08. The number of pyridine rings is 1. The summed E-state index contributed by atoms with van der Waals surface area (Å²) in [5.74, 6) is -0.150. The Morgan fingerprint density at radius 1 is 1.07 bits per heavy atom. The van der Waals surface area contributed by atoms with Crippen LogP contribution in [0.1, 0.15) is 27.0 Å². The van der Waals surface area contributed by atoms with E-state index in [9.17, 15) is 4.79 Å². The lowest BCUT2D eigenvalue weighted by molar-refractivity contribution is 0.102. The molecule has 0 atom stereocenters. The molecule has 0 bridgehead atoms. The maximum Gasteiger partial charge on any atom is 0.257 e. The number of aromatic nitrogens is 1. The van der Waals surface area contributed by atoms with Crippen molar-refractivity contribution < 1.29 is 4.79 Å². The normalized spacial score (nSPS) is 11.9. The average Bonchev–Trinajstić information content (AvgIpc) is 3.14. The minimum atomic E-state index is -0.150. The fraction of sp³-hybridized carbons (Fsp3) is 0.143. The summed E-state index contributed by atoms with van der Waals surface area (Å²) in [5, 5.41) is 14.5. The van der Waals surface area contributed by atoms with Gasteiger partial charge in [-0.25, -0.2) is 0 Å². The summed E-state index contributed by atoms with van der Waals surface area (Å²) < 4.78 is 0. The van der Waals surface area contributed by atoms with E-state index in [1.807, 2.05) is 55.5 Å². The third-order valence-electron chi connectivity index (χ3n) is 4.50. The van der Waals surface area contributed by atoms with Gasteiger partial charge in [0, 0.05) is 35.9 Å². The minimum Gasteiger partial charge on any atom is -0.380 e. The Kier molecular flexibility index (Phi) is 4.61. The van der Waals surface area contributed by atoms with Crippen LogP contribution in [0.4, 0.5) is 17.1 Å². The zero-order chi connectivity index (χ0) is 18.6. The molecule has 4 rings (SSSR count). The van der Waals surface area contributed by atoms with Crippen molar-refractivity contribution in [2.45, 2.75) is 20.0 Å². The van der Waals surface area contributed by atoms with Crippen LogP contribution >= 0.6 is 0 Å². The molecule has 0 saturated heterocycles. The van der Waals surface area contributed by atoms with Crippen molar-refractivity contribution in [1.29, 1.82) is 0 Å². The lowest BCUT2D eigenvalue weighted by Crippen LogP contribution is -2.15. The topological polar surface area (TPSA) is 78.7 Å². The molecule has 1 aromatic heterocycles. The zero-order valence-corrected chi connectivity index (χ0v) is 14.9. The highest BCUT2D eigenvalue weighted by atomic mass is 16.1. The third-order valence-corrected chi connectivity index (χ3v) is 4.50. The van der Waals surface area contributed by atoms with Gasteiger partial charge in [-0.3, -0.25) is 9.78 Å². The fourth-order valence-corrected chi connectivity index (χ4v) is 3.00. The fourth-order valence-electron chi connectivity index (χ4n) is 3.00. The molecule has 3 aromatic rings. The number of para-hydroxylation sites is 1. The summed E-state index contributed by atoms with van der Waals surface area (Å²) in [7, 11) is 0. The second-order valence-corrected chi connectivity index (χ2v) is 6.40. The molecule has 1 aliphatic heterocycles. The van der Waals surface area contributed by atoms with Crippen LogP contribution in [0.5, 0.6) is 0 Å². The van der Waals surface area contributed by atoms with Gasteiger partial charge < -0.3 is 10.6 Å². The van der Waals surface area contributed by atoms with Crippen LogP contribution in [0.2, 0.25) is 0 Å². The molecule has 2 aromatic carbocycles. The minimum absolute atomic E-state index is 0.150. The van der Waals surface area contributed by atoms with E-state index < -0.39 is 0 Å². The number of benzene rings is 2. The molecule has 0 saturated carbocycles. The monoisotopic (exact) mass is 357 g/mol. The highest BCUT2D eigenvalue weighted by Gasteiger charge is 2.15. The maximum absolute atomic E-state index is 12.9. The second-order valence-electron chi connectivity index (χ2n) is 6.40. The van der Waals surface area contributed by atoms with E-state index in [0.29, 0.717) is 18.7 Å². The van der Waals surface area contributed by atoms with Crippen LogP contribution in [-0.2, 0) is 13.1 Å². The SMILES string of the molecule is Cc1cc2c(cc1NC(=O)c1ccccc1NCc1ccncc1)CN=N2. The molecule has 1 aliphatic rings. The molecule has 0 radical (unpaired) electrons. The number of nitrogens with one attached hydrogen (secondary N) is 2. The number of hydrogen-bond donors (Lipinski definition) is 2. The number of anilines is 2. The van der Waals surface area contributed by atoms with Gasteiger partial charge in [0.05, 0.1) is 17.8 Å². The van der Waals surface area contributed by atoms with Gasteiger partial charge in [-0.15, -0.1) is 0 Å². The number of rotatable bonds is 5. The lowest BCUT2D eigenvalue weighted by Gasteiger charge is -2.14. The molecule has 0 aliphatic carbocycles. The Hall–Kier alpha value is -3.54. The van der Waals surface area contributed by atoms with Crippen LogP contribution in [0, 0.1) is 6.92 Å². The molecular formula is C21H19N5O. The van der Waals surface area contributed by atoms with Crippen molar-refractivity contribution in [2.75, 3.05) is 10.6 Å². The molecule has 6 heteroatoms. The van der Waals surface area contributed by atoms with Gasteiger partial charge in [-0.2, -0.15) is 10.2 Å². The van der Waals surface area contributed by atoms with Crippen LogP contribution in [0.25, 0.3) is 0 Å². The molecule has 6 nitrogen and oxygen atoms in total. The van der Waals surface area contributed by atoms with E-state index in [2.05, 4.69) is 25.8 Å². The van der Waals surface area contributed by atoms with Crippen molar-refractivity contribution in [1.82, 2.24) is 4.98 Å². The molecule has 0 unspecified atom stereocenters. The van der Waals surface area contributed by atoms with Crippen molar-refractivity contribution in [2.24, 2.45) is 10.2 Å². The van der Waals surface area contributed by atoms with E-state index in [4.69, 9.17) is 0 Å². The number of hydrogen-bond acceptors (Lipinski definition) is 5. The molecule has 2 N–H and O–H groups in total. The zero-order valence-electron chi connectivity index (χ0n) is 14.9. The highest BCUT2D eigenvalue weighted by Crippen LogP contribution is 2.32. The predicted molar refractivity (Wildman–Crippen MR) is 105 cm³/mol. The van der Waals surface area contributed by atoms with Crippen molar-refractivity contribution in [3.05, 3.63) is 83.2 Å². The number of amides is 1. The van der Waals surface area contributed by atoms with E-state index in [1.165, 1.54) is 0 Å². The number of carbonyl (C=O) groups excluding carboxylic acids is 1. The smallest absolute Gasteiger partial charge is 0.257 e. The molecule has 0 fully saturated rings. The Labute approximate surface area is 157 Å². The van der Waals surface area contributed by atoms with E-state index in [1.54, 1.807) is 12.4 Å². The van der Waals surface area contributed by atoms with Crippen LogP contribution in [0.3, 0.4) is 0 Å². The second kappa shape index (κ2) is 7.37. The van der Waals surface area contributed by atoms with Gasteiger partial charge in [-0.1, -0.05) is 12.1 Å². The van der Waals surface area contributed by atoms with E-state index in [-0.39, 0.29) is 5.91 Å². The summed E-state index contributed by atoms with van der Waals surface area (Å²) in [4.78, 5) is 16.9. The van der Waals surface area contributed by atoms with E-state index >= 15 is 0 Å². The van der Waals surface area contributed by atoms with Crippen molar-refractivity contribution in [3.8, 4) is 0 Å². The summed E-state index contributed by atoms with van der Waals surface area (Å²) in [6, 6.07) is 15.3. The van der Waals surface area contributed by atoms with Gasteiger partial charge >= 0.3 is 0 Å². The predicted octanol–water partition coefficient (Wildman–Crippen LogP) is 4.85. The molecule has 1 amide bonds. The van der Waals surface area contributed by atoms with Crippen molar-refractivity contribution >= 4 is 23.0 Å². The maximum atomic E-state index is 12.9. The van der Waals surface area contributed by atoms with Gasteiger partial charge in [-0.05, 0) is 54.4 Å². The first-order chi connectivity index (χ1) is 13.2. The van der Waals surface area contributed by atoms with E-state index in [0.717, 1.165) is 33.8 Å². The molecule has 27 heavy (non-hydrogen) atoms. The molecule has 0 spiro atoms. The Balaban J connectivity index is 1.53. The van der Waals surface area contributed by atoms with Gasteiger partial charge in [0.15, 0.2) is 0 Å². The largest absolute Gasteiger partial charge is 0.380 e. The van der Waals surface area contributed by atoms with Gasteiger partial charge in [0.1, 0.15) is 0 Å². The summed E-state index contributed by atoms with van der Waals surface area (Å²) in [5.41, 5.74) is 6.14. The summed E-state index contributed by atoms with van der Waals surface area (Å²) in [6.07, 6.45) is 3.51. The van der Waals surface area contributed by atoms with Crippen LogP contribution < -0.4 is 10.6 Å².